The maximum atomic E-state index is 12.5. The Hall–Kier alpha value is -2.02. The van der Waals surface area contributed by atoms with E-state index in [1.807, 2.05) is 44.4 Å². The van der Waals surface area contributed by atoms with Crippen molar-refractivity contribution >= 4 is 40.9 Å². The van der Waals surface area contributed by atoms with Gasteiger partial charge in [0.1, 0.15) is 0 Å². The zero-order valence-electron chi connectivity index (χ0n) is 18.9. The molecule has 1 heterocycles. The molecule has 0 aliphatic heterocycles. The quantitative estimate of drug-likeness (QED) is 0.370. The number of hydrogen-bond donors (Lipinski definition) is 1. The molecule has 1 unspecified atom stereocenters. The summed E-state index contributed by atoms with van der Waals surface area (Å²) in [6, 6.07) is 13.3. The van der Waals surface area contributed by atoms with Crippen LogP contribution in [0.25, 0.3) is 5.69 Å². The number of carbonyl (C=O) groups excluding carboxylic acids is 1. The monoisotopic (exact) mass is 490 g/mol. The largest absolute Gasteiger partial charge is 0.346 e. The molecule has 0 saturated carbocycles. The highest BCUT2D eigenvalue weighted by molar-refractivity contribution is 7.98. The van der Waals surface area contributed by atoms with Gasteiger partial charge in [-0.05, 0) is 43.0 Å². The van der Waals surface area contributed by atoms with E-state index in [1.54, 1.807) is 23.9 Å². The molecular formula is C24H28Cl2N4OS. The van der Waals surface area contributed by atoms with E-state index in [9.17, 15) is 4.79 Å². The lowest BCUT2D eigenvalue weighted by Crippen LogP contribution is -2.31. The van der Waals surface area contributed by atoms with Crippen LogP contribution in [0, 0.1) is 12.3 Å². The molecule has 3 rings (SSSR count). The van der Waals surface area contributed by atoms with Crippen LogP contribution < -0.4 is 5.32 Å². The molecule has 1 aromatic heterocycles. The van der Waals surface area contributed by atoms with Crippen LogP contribution in [0.2, 0.25) is 10.0 Å². The molecule has 0 saturated heterocycles. The zero-order valence-corrected chi connectivity index (χ0v) is 21.3. The van der Waals surface area contributed by atoms with Crippen molar-refractivity contribution in [2.45, 2.75) is 58.0 Å². The molecular weight excluding hydrogens is 463 g/mol. The number of hydrogen-bond acceptors (Lipinski definition) is 4. The third-order valence-electron chi connectivity index (χ3n) is 4.72. The van der Waals surface area contributed by atoms with E-state index in [4.69, 9.17) is 23.2 Å². The van der Waals surface area contributed by atoms with Crippen molar-refractivity contribution in [2.75, 3.05) is 0 Å². The fraction of sp³-hybridized carbons (Fsp3) is 0.375. The average Bonchev–Trinajstić information content (AvgIpc) is 3.08. The molecule has 32 heavy (non-hydrogen) atoms. The highest BCUT2D eigenvalue weighted by Crippen LogP contribution is 2.32. The summed E-state index contributed by atoms with van der Waals surface area (Å²) in [5, 5.41) is 13.6. The summed E-state index contributed by atoms with van der Waals surface area (Å²) < 4.78 is 1.90. The van der Waals surface area contributed by atoms with E-state index in [0.717, 1.165) is 11.4 Å². The van der Waals surface area contributed by atoms with Gasteiger partial charge in [0.05, 0.1) is 16.8 Å². The van der Waals surface area contributed by atoms with Crippen molar-refractivity contribution in [3.63, 3.8) is 0 Å². The summed E-state index contributed by atoms with van der Waals surface area (Å²) in [6.07, 6.45) is 0.419. The molecule has 0 aliphatic rings. The minimum absolute atomic E-state index is 0.0317. The molecule has 1 N–H and O–H groups in total. The zero-order chi connectivity index (χ0) is 23.5. The van der Waals surface area contributed by atoms with Gasteiger partial charge >= 0.3 is 0 Å². The van der Waals surface area contributed by atoms with Crippen molar-refractivity contribution in [1.82, 2.24) is 20.1 Å². The Balaban J connectivity index is 1.93. The summed E-state index contributed by atoms with van der Waals surface area (Å²) in [5.74, 6) is 1.31. The van der Waals surface area contributed by atoms with E-state index in [2.05, 4.69) is 40.6 Å². The van der Waals surface area contributed by atoms with Gasteiger partial charge < -0.3 is 5.32 Å². The second-order valence-electron chi connectivity index (χ2n) is 9.08. The number of carbonyl (C=O) groups is 1. The Bertz CT molecular complexity index is 1110. The van der Waals surface area contributed by atoms with E-state index in [0.29, 0.717) is 27.4 Å². The molecule has 0 bridgehead atoms. The number of amides is 1. The first-order valence-corrected chi connectivity index (χ1v) is 12.2. The minimum Gasteiger partial charge on any atom is -0.346 e. The second-order valence-corrected chi connectivity index (χ2v) is 10.9. The third-order valence-corrected chi connectivity index (χ3v) is 6.25. The summed E-state index contributed by atoms with van der Waals surface area (Å²) in [6.45, 7) is 10.1. The lowest BCUT2D eigenvalue weighted by atomic mass is 9.92. The van der Waals surface area contributed by atoms with Crippen LogP contribution in [0.15, 0.2) is 47.6 Å². The van der Waals surface area contributed by atoms with Crippen LogP contribution in [-0.4, -0.2) is 20.7 Å². The first kappa shape index (κ1) is 24.6. The summed E-state index contributed by atoms with van der Waals surface area (Å²) in [4.78, 5) is 12.5. The molecule has 170 valence electrons. The fourth-order valence-electron chi connectivity index (χ4n) is 3.33. The first-order chi connectivity index (χ1) is 15.0. The molecule has 0 fully saturated rings. The standard InChI is InChI=1S/C24H28Cl2N4OS/c1-15-7-6-8-17(11-15)14-32-23-29-28-22(16(2)27-21(31)13-24(3,4)5)30(23)20-10-9-18(25)12-19(20)26/h6-12,16H,13-14H2,1-5H3,(H,27,31). The van der Waals surface area contributed by atoms with Crippen molar-refractivity contribution in [2.24, 2.45) is 5.41 Å². The van der Waals surface area contributed by atoms with Gasteiger partial charge in [-0.3, -0.25) is 9.36 Å². The maximum Gasteiger partial charge on any atom is 0.221 e. The molecule has 0 radical (unpaired) electrons. The normalized spacial score (nSPS) is 12.6. The number of aryl methyl sites for hydroxylation is 1. The van der Waals surface area contributed by atoms with Crippen LogP contribution in [0.5, 0.6) is 0 Å². The van der Waals surface area contributed by atoms with Crippen LogP contribution >= 0.6 is 35.0 Å². The Morgan fingerprint density at radius 2 is 1.91 bits per heavy atom. The van der Waals surface area contributed by atoms with Gasteiger partial charge in [-0.15, -0.1) is 10.2 Å². The van der Waals surface area contributed by atoms with Crippen LogP contribution in [0.4, 0.5) is 0 Å². The van der Waals surface area contributed by atoms with Crippen LogP contribution in [-0.2, 0) is 10.5 Å². The summed E-state index contributed by atoms with van der Waals surface area (Å²) in [7, 11) is 0. The van der Waals surface area contributed by atoms with E-state index in [1.165, 1.54) is 11.1 Å². The van der Waals surface area contributed by atoms with Crippen molar-refractivity contribution < 1.29 is 4.79 Å². The lowest BCUT2D eigenvalue weighted by molar-refractivity contribution is -0.123. The van der Waals surface area contributed by atoms with Gasteiger partial charge in [0.2, 0.25) is 5.91 Å². The molecule has 1 amide bonds. The number of aromatic nitrogens is 3. The van der Waals surface area contributed by atoms with Crippen LogP contribution in [0.3, 0.4) is 0 Å². The number of nitrogens with one attached hydrogen (secondary N) is 1. The molecule has 3 aromatic rings. The second kappa shape index (κ2) is 10.3. The fourth-order valence-corrected chi connectivity index (χ4v) is 4.72. The van der Waals surface area contributed by atoms with E-state index >= 15 is 0 Å². The predicted octanol–water partition coefficient (Wildman–Crippen LogP) is 6.79. The van der Waals surface area contributed by atoms with Crippen molar-refractivity contribution in [3.05, 3.63) is 69.5 Å². The van der Waals surface area contributed by atoms with E-state index in [-0.39, 0.29) is 17.4 Å². The average molecular weight is 491 g/mol. The molecule has 5 nitrogen and oxygen atoms in total. The van der Waals surface area contributed by atoms with Gasteiger partial charge in [-0.25, -0.2) is 0 Å². The van der Waals surface area contributed by atoms with Gasteiger partial charge in [-0.2, -0.15) is 0 Å². The van der Waals surface area contributed by atoms with Gasteiger partial charge in [0, 0.05) is 17.2 Å². The molecule has 0 aliphatic carbocycles. The highest BCUT2D eigenvalue weighted by Gasteiger charge is 2.24. The van der Waals surface area contributed by atoms with Crippen LogP contribution in [0.1, 0.15) is 57.1 Å². The Kier molecular flexibility index (Phi) is 7.91. The Labute approximate surface area is 203 Å². The lowest BCUT2D eigenvalue weighted by Gasteiger charge is -2.21. The summed E-state index contributed by atoms with van der Waals surface area (Å²) >= 11 is 14.2. The molecule has 1 atom stereocenters. The molecule has 8 heteroatoms. The highest BCUT2D eigenvalue weighted by atomic mass is 35.5. The minimum atomic E-state index is -0.350. The number of halogens is 2. The summed E-state index contributed by atoms with van der Waals surface area (Å²) in [5.41, 5.74) is 3.02. The SMILES string of the molecule is Cc1cccc(CSc2nnc(C(C)NC(=O)CC(C)(C)C)n2-c2ccc(Cl)cc2Cl)c1. The number of rotatable bonds is 7. The van der Waals surface area contributed by atoms with Crippen molar-refractivity contribution in [3.8, 4) is 5.69 Å². The first-order valence-electron chi connectivity index (χ1n) is 10.4. The molecule has 2 aromatic carbocycles. The van der Waals surface area contributed by atoms with E-state index < -0.39 is 0 Å². The predicted molar refractivity (Wildman–Crippen MR) is 133 cm³/mol. The third kappa shape index (κ3) is 6.50. The van der Waals surface area contributed by atoms with Gasteiger partial charge in [0.25, 0.3) is 0 Å². The molecule has 0 spiro atoms. The number of nitrogens with zero attached hydrogens (tertiary/aromatic N) is 3. The van der Waals surface area contributed by atoms with Gasteiger partial charge in [-0.1, -0.05) is 85.6 Å². The number of thioether (sulfide) groups is 1. The van der Waals surface area contributed by atoms with Gasteiger partial charge in [0.15, 0.2) is 11.0 Å². The Morgan fingerprint density at radius 3 is 2.56 bits per heavy atom. The number of benzene rings is 2. The smallest absolute Gasteiger partial charge is 0.221 e. The topological polar surface area (TPSA) is 59.8 Å². The maximum absolute atomic E-state index is 12.5. The van der Waals surface area contributed by atoms with Crippen molar-refractivity contribution in [1.29, 1.82) is 0 Å². The Morgan fingerprint density at radius 1 is 1.16 bits per heavy atom.